The summed E-state index contributed by atoms with van der Waals surface area (Å²) in [6, 6.07) is 3.74. The SMILES string of the molecule is Nc1nc(Cl)nc(SCCOc2cccc(F)c2F)n1. The molecular weight excluding hydrogens is 310 g/mol. The quantitative estimate of drug-likeness (QED) is 0.674. The molecule has 2 N–H and O–H groups in total. The lowest BCUT2D eigenvalue weighted by atomic mass is 10.3. The molecular formula is C11H9ClF2N4OS. The number of benzene rings is 1. The molecule has 0 atom stereocenters. The summed E-state index contributed by atoms with van der Waals surface area (Å²) in [5.74, 6) is -1.67. The zero-order valence-corrected chi connectivity index (χ0v) is 11.6. The van der Waals surface area contributed by atoms with Gasteiger partial charge in [-0.1, -0.05) is 17.8 Å². The predicted molar refractivity (Wildman–Crippen MR) is 71.8 cm³/mol. The summed E-state index contributed by atoms with van der Waals surface area (Å²) in [7, 11) is 0. The van der Waals surface area contributed by atoms with Gasteiger partial charge in [0.25, 0.3) is 0 Å². The second-order valence-electron chi connectivity index (χ2n) is 3.49. The Balaban J connectivity index is 1.86. The van der Waals surface area contributed by atoms with Gasteiger partial charge >= 0.3 is 0 Å². The molecule has 1 aromatic carbocycles. The van der Waals surface area contributed by atoms with E-state index in [0.29, 0.717) is 10.9 Å². The molecule has 2 aromatic rings. The third-order valence-electron chi connectivity index (χ3n) is 2.09. The molecule has 1 aromatic heterocycles. The Morgan fingerprint density at radius 2 is 2.05 bits per heavy atom. The van der Waals surface area contributed by atoms with Gasteiger partial charge in [-0.25, -0.2) is 4.39 Å². The van der Waals surface area contributed by atoms with Crippen molar-refractivity contribution in [3.8, 4) is 5.75 Å². The van der Waals surface area contributed by atoms with E-state index in [4.69, 9.17) is 22.1 Å². The number of anilines is 1. The molecule has 0 radical (unpaired) electrons. The number of aromatic nitrogens is 3. The first-order valence-corrected chi connectivity index (χ1v) is 6.79. The second-order valence-corrected chi connectivity index (χ2v) is 4.89. The van der Waals surface area contributed by atoms with Gasteiger partial charge in [0.1, 0.15) is 0 Å². The van der Waals surface area contributed by atoms with Crippen LogP contribution >= 0.6 is 23.4 Å². The summed E-state index contributed by atoms with van der Waals surface area (Å²) in [4.78, 5) is 11.3. The second kappa shape index (κ2) is 6.67. The molecule has 0 bridgehead atoms. The van der Waals surface area contributed by atoms with Gasteiger partial charge in [-0.3, -0.25) is 0 Å². The summed E-state index contributed by atoms with van der Waals surface area (Å²) in [5.41, 5.74) is 5.41. The lowest BCUT2D eigenvalue weighted by Crippen LogP contribution is -2.04. The topological polar surface area (TPSA) is 73.9 Å². The van der Waals surface area contributed by atoms with E-state index in [9.17, 15) is 8.78 Å². The summed E-state index contributed by atoms with van der Waals surface area (Å²) in [6.07, 6.45) is 0. The fraction of sp³-hybridized carbons (Fsp3) is 0.182. The van der Waals surface area contributed by atoms with Crippen LogP contribution in [-0.2, 0) is 0 Å². The molecule has 0 aliphatic heterocycles. The standard InChI is InChI=1S/C11H9ClF2N4OS/c12-9-16-10(15)18-11(17-9)20-5-4-19-7-3-1-2-6(13)8(7)14/h1-3H,4-5H2,(H2,15,16,17,18). The molecule has 20 heavy (non-hydrogen) atoms. The maximum Gasteiger partial charge on any atom is 0.228 e. The van der Waals surface area contributed by atoms with Crippen molar-refractivity contribution in [2.45, 2.75) is 5.16 Å². The Hall–Kier alpha value is -1.67. The third kappa shape index (κ3) is 3.91. The van der Waals surface area contributed by atoms with Crippen LogP contribution in [-0.4, -0.2) is 27.3 Å². The number of nitrogens with zero attached hydrogens (tertiary/aromatic N) is 3. The highest BCUT2D eigenvalue weighted by atomic mass is 35.5. The number of hydrogen-bond acceptors (Lipinski definition) is 6. The third-order valence-corrected chi connectivity index (χ3v) is 3.07. The molecule has 0 fully saturated rings. The highest BCUT2D eigenvalue weighted by Crippen LogP contribution is 2.20. The minimum Gasteiger partial charge on any atom is -0.490 e. The zero-order chi connectivity index (χ0) is 14.5. The monoisotopic (exact) mass is 318 g/mol. The van der Waals surface area contributed by atoms with E-state index in [1.54, 1.807) is 0 Å². The van der Waals surface area contributed by atoms with E-state index >= 15 is 0 Å². The minimum atomic E-state index is -1.01. The van der Waals surface area contributed by atoms with Gasteiger partial charge in [0, 0.05) is 5.75 Å². The van der Waals surface area contributed by atoms with Gasteiger partial charge in [0.15, 0.2) is 16.7 Å². The van der Waals surface area contributed by atoms with Crippen molar-refractivity contribution >= 4 is 29.3 Å². The van der Waals surface area contributed by atoms with Crippen molar-refractivity contribution in [1.29, 1.82) is 0 Å². The van der Waals surface area contributed by atoms with E-state index in [2.05, 4.69) is 15.0 Å². The predicted octanol–water partition coefficient (Wildman–Crippen LogP) is 2.56. The van der Waals surface area contributed by atoms with Crippen molar-refractivity contribution in [3.05, 3.63) is 35.1 Å². The summed E-state index contributed by atoms with van der Waals surface area (Å²) in [6.45, 7) is 0.147. The van der Waals surface area contributed by atoms with Gasteiger partial charge in [-0.2, -0.15) is 19.3 Å². The first-order chi connectivity index (χ1) is 9.56. The maximum absolute atomic E-state index is 13.3. The Bertz CT molecular complexity index is 597. The lowest BCUT2D eigenvalue weighted by molar-refractivity contribution is 0.317. The van der Waals surface area contributed by atoms with Crippen LogP contribution < -0.4 is 10.5 Å². The molecule has 0 unspecified atom stereocenters. The fourth-order valence-electron chi connectivity index (χ4n) is 1.29. The molecule has 106 valence electrons. The average molecular weight is 319 g/mol. The van der Waals surface area contributed by atoms with Crippen molar-refractivity contribution in [2.75, 3.05) is 18.1 Å². The van der Waals surface area contributed by atoms with Gasteiger partial charge in [0.2, 0.25) is 17.0 Å². The van der Waals surface area contributed by atoms with Crippen LogP contribution in [0.1, 0.15) is 0 Å². The van der Waals surface area contributed by atoms with Gasteiger partial charge in [0.05, 0.1) is 6.61 Å². The number of nitrogens with two attached hydrogens (primary N) is 1. The highest BCUT2D eigenvalue weighted by Gasteiger charge is 2.09. The van der Waals surface area contributed by atoms with E-state index < -0.39 is 11.6 Å². The van der Waals surface area contributed by atoms with Gasteiger partial charge in [-0.15, -0.1) is 0 Å². The largest absolute Gasteiger partial charge is 0.490 e. The Morgan fingerprint density at radius 1 is 1.25 bits per heavy atom. The Kier molecular flexibility index (Phi) is 4.91. The van der Waals surface area contributed by atoms with Crippen LogP contribution in [0.4, 0.5) is 14.7 Å². The average Bonchev–Trinajstić information content (AvgIpc) is 2.38. The Morgan fingerprint density at radius 3 is 2.80 bits per heavy atom. The molecule has 5 nitrogen and oxygen atoms in total. The van der Waals surface area contributed by atoms with Gasteiger partial charge in [-0.05, 0) is 23.7 Å². The Labute approximate surface area is 122 Å². The minimum absolute atomic E-state index is 0.00269. The molecule has 9 heteroatoms. The first kappa shape index (κ1) is 14.7. The smallest absolute Gasteiger partial charge is 0.228 e. The van der Waals surface area contributed by atoms with Crippen molar-refractivity contribution < 1.29 is 13.5 Å². The molecule has 0 aliphatic carbocycles. The molecule has 0 aliphatic rings. The van der Waals surface area contributed by atoms with Crippen molar-refractivity contribution in [1.82, 2.24) is 15.0 Å². The van der Waals surface area contributed by atoms with Crippen LogP contribution in [0.5, 0.6) is 5.75 Å². The molecule has 0 saturated carbocycles. The number of nitrogen functional groups attached to an aromatic ring is 1. The number of halogens is 3. The van der Waals surface area contributed by atoms with E-state index in [1.807, 2.05) is 0 Å². The summed E-state index contributed by atoms with van der Waals surface area (Å²) in [5, 5.41) is 0.336. The number of ether oxygens (including phenoxy) is 1. The van der Waals surface area contributed by atoms with Crippen molar-refractivity contribution in [2.24, 2.45) is 0 Å². The maximum atomic E-state index is 13.3. The molecule has 0 spiro atoms. The number of rotatable bonds is 5. The summed E-state index contributed by atoms with van der Waals surface area (Å²) < 4.78 is 31.3. The van der Waals surface area contributed by atoms with Crippen LogP contribution in [0.15, 0.2) is 23.4 Å². The number of hydrogen-bond donors (Lipinski definition) is 1. The normalized spacial score (nSPS) is 10.6. The van der Waals surface area contributed by atoms with Crippen LogP contribution in [0, 0.1) is 11.6 Å². The molecule has 2 rings (SSSR count). The fourth-order valence-corrected chi connectivity index (χ4v) is 2.17. The zero-order valence-electron chi connectivity index (χ0n) is 10.0. The number of thioether (sulfide) groups is 1. The van der Waals surface area contributed by atoms with Crippen molar-refractivity contribution in [3.63, 3.8) is 0 Å². The van der Waals surface area contributed by atoms with Crippen LogP contribution in [0.25, 0.3) is 0 Å². The molecule has 0 saturated heterocycles. The van der Waals surface area contributed by atoms with E-state index in [1.165, 1.54) is 23.9 Å². The summed E-state index contributed by atoms with van der Waals surface area (Å²) >= 11 is 6.83. The van der Waals surface area contributed by atoms with Crippen LogP contribution in [0.3, 0.4) is 0 Å². The van der Waals surface area contributed by atoms with E-state index in [0.717, 1.165) is 6.07 Å². The highest BCUT2D eigenvalue weighted by molar-refractivity contribution is 7.99. The van der Waals surface area contributed by atoms with Crippen LogP contribution in [0.2, 0.25) is 5.28 Å². The van der Waals surface area contributed by atoms with E-state index in [-0.39, 0.29) is 23.6 Å². The lowest BCUT2D eigenvalue weighted by Gasteiger charge is -2.07. The molecule has 1 heterocycles. The van der Waals surface area contributed by atoms with Gasteiger partial charge < -0.3 is 10.5 Å². The molecule has 0 amide bonds. The first-order valence-electron chi connectivity index (χ1n) is 5.43.